The molecule has 2 fully saturated rings. The van der Waals surface area contributed by atoms with Crippen LogP contribution in [0, 0.1) is 5.82 Å². The Hall–Kier alpha value is -2.94. The molecule has 1 N–H and O–H groups in total. The molecule has 0 unspecified atom stereocenters. The van der Waals surface area contributed by atoms with Crippen molar-refractivity contribution in [2.24, 2.45) is 0 Å². The van der Waals surface area contributed by atoms with Gasteiger partial charge in [0.1, 0.15) is 5.82 Å². The molecule has 2 aromatic rings. The Kier molecular flexibility index (Phi) is 9.93. The van der Waals surface area contributed by atoms with E-state index in [-0.39, 0.29) is 17.3 Å². The van der Waals surface area contributed by atoms with Gasteiger partial charge in [-0.15, -0.1) is 0 Å². The SMILES string of the molecule is CCCCCCCCC(=O)N1CCN(c2nc(CN3CCN(c4ccccc4F)CC3)cc(=O)[nH]2)CC1. The number of rotatable bonds is 11. The van der Waals surface area contributed by atoms with Crippen LogP contribution in [0.25, 0.3) is 0 Å². The minimum Gasteiger partial charge on any atom is -0.367 e. The highest BCUT2D eigenvalue weighted by Crippen LogP contribution is 2.21. The minimum absolute atomic E-state index is 0.161. The third-order valence-corrected chi connectivity index (χ3v) is 7.41. The lowest BCUT2D eigenvalue weighted by molar-refractivity contribution is -0.131. The summed E-state index contributed by atoms with van der Waals surface area (Å²) in [6.07, 6.45) is 7.71. The number of para-hydroxylation sites is 1. The van der Waals surface area contributed by atoms with E-state index in [0.29, 0.717) is 50.8 Å². The van der Waals surface area contributed by atoms with Crippen molar-refractivity contribution in [3.63, 3.8) is 0 Å². The van der Waals surface area contributed by atoms with Crippen LogP contribution in [0.1, 0.15) is 57.6 Å². The molecule has 8 nitrogen and oxygen atoms in total. The summed E-state index contributed by atoms with van der Waals surface area (Å²) in [5.74, 6) is 0.622. The molecule has 2 aliphatic rings. The summed E-state index contributed by atoms with van der Waals surface area (Å²) in [6, 6.07) is 8.44. The average Bonchev–Trinajstić information content (AvgIpc) is 2.91. The first-order chi connectivity index (χ1) is 18.0. The molecule has 0 saturated carbocycles. The number of aromatic amines is 1. The molecule has 9 heteroatoms. The van der Waals surface area contributed by atoms with Gasteiger partial charge in [0.25, 0.3) is 5.56 Å². The van der Waals surface area contributed by atoms with Crippen molar-refractivity contribution in [3.8, 4) is 0 Å². The Balaban J connectivity index is 1.24. The minimum atomic E-state index is -0.193. The number of hydrogen-bond acceptors (Lipinski definition) is 6. The van der Waals surface area contributed by atoms with Crippen LogP contribution in [0.5, 0.6) is 0 Å². The Bertz CT molecular complexity index is 1060. The van der Waals surface area contributed by atoms with Gasteiger partial charge in [0.2, 0.25) is 11.9 Å². The van der Waals surface area contributed by atoms with Gasteiger partial charge < -0.3 is 14.7 Å². The zero-order valence-corrected chi connectivity index (χ0v) is 22.1. The molecule has 0 atom stereocenters. The van der Waals surface area contributed by atoms with Gasteiger partial charge in [-0.1, -0.05) is 51.2 Å². The number of aromatic nitrogens is 2. The van der Waals surface area contributed by atoms with Crippen LogP contribution in [-0.4, -0.2) is 78.0 Å². The van der Waals surface area contributed by atoms with E-state index in [1.165, 1.54) is 31.7 Å². The van der Waals surface area contributed by atoms with Crippen molar-refractivity contribution in [1.82, 2.24) is 19.8 Å². The van der Waals surface area contributed by atoms with E-state index >= 15 is 0 Å². The Morgan fingerprint density at radius 3 is 2.32 bits per heavy atom. The Labute approximate surface area is 219 Å². The van der Waals surface area contributed by atoms with Crippen LogP contribution in [0.4, 0.5) is 16.0 Å². The topological polar surface area (TPSA) is 75.8 Å². The molecule has 2 saturated heterocycles. The number of hydrogen-bond donors (Lipinski definition) is 1. The van der Waals surface area contributed by atoms with Crippen LogP contribution in [0.15, 0.2) is 35.1 Å². The van der Waals surface area contributed by atoms with Crippen LogP contribution < -0.4 is 15.4 Å². The highest BCUT2D eigenvalue weighted by atomic mass is 19.1. The van der Waals surface area contributed by atoms with Crippen molar-refractivity contribution in [1.29, 1.82) is 0 Å². The maximum Gasteiger partial charge on any atom is 0.252 e. The summed E-state index contributed by atoms with van der Waals surface area (Å²) < 4.78 is 14.1. The number of anilines is 2. The number of nitrogens with one attached hydrogen (secondary N) is 1. The van der Waals surface area contributed by atoms with E-state index in [1.807, 2.05) is 17.0 Å². The second kappa shape index (κ2) is 13.6. The molecule has 37 heavy (non-hydrogen) atoms. The number of nitrogens with zero attached hydrogens (tertiary/aromatic N) is 5. The van der Waals surface area contributed by atoms with Gasteiger partial charge in [-0.05, 0) is 18.6 Å². The number of piperazine rings is 2. The zero-order chi connectivity index (χ0) is 26.0. The second-order valence-corrected chi connectivity index (χ2v) is 10.2. The lowest BCUT2D eigenvalue weighted by atomic mass is 10.1. The van der Waals surface area contributed by atoms with E-state index in [1.54, 1.807) is 12.1 Å². The molecule has 1 aromatic carbocycles. The fourth-order valence-electron chi connectivity index (χ4n) is 5.19. The molecule has 1 aromatic heterocycles. The lowest BCUT2D eigenvalue weighted by Gasteiger charge is -2.36. The molecular weight excluding hydrogens is 471 g/mol. The number of halogens is 1. The van der Waals surface area contributed by atoms with Crippen LogP contribution >= 0.6 is 0 Å². The molecule has 0 spiro atoms. The average molecular weight is 513 g/mol. The summed E-state index contributed by atoms with van der Waals surface area (Å²) in [7, 11) is 0. The summed E-state index contributed by atoms with van der Waals surface area (Å²) in [5.41, 5.74) is 1.22. The summed E-state index contributed by atoms with van der Waals surface area (Å²) in [6.45, 7) is 8.43. The monoisotopic (exact) mass is 512 g/mol. The van der Waals surface area contributed by atoms with Gasteiger partial charge >= 0.3 is 0 Å². The molecule has 3 heterocycles. The fourth-order valence-corrected chi connectivity index (χ4v) is 5.19. The van der Waals surface area contributed by atoms with E-state index in [4.69, 9.17) is 4.98 Å². The molecule has 2 aliphatic heterocycles. The molecule has 4 rings (SSSR count). The number of amides is 1. The number of carbonyl (C=O) groups is 1. The molecule has 0 bridgehead atoms. The standard InChI is InChI=1S/C28H41FN6O2/c1-2-3-4-5-6-7-12-27(37)34-17-19-35(20-18-34)28-30-23(21-26(36)31-28)22-32-13-15-33(16-14-32)25-11-9-8-10-24(25)29/h8-11,21H,2-7,12-20,22H2,1H3,(H,30,31,36). The summed E-state index contributed by atoms with van der Waals surface area (Å²) in [5, 5.41) is 0. The quantitative estimate of drug-likeness (QED) is 0.464. The number of benzene rings is 1. The normalized spacial score (nSPS) is 16.9. The maximum atomic E-state index is 14.1. The number of H-pyrrole nitrogens is 1. The van der Waals surface area contributed by atoms with Gasteiger partial charge in [-0.2, -0.15) is 0 Å². The van der Waals surface area contributed by atoms with Gasteiger partial charge in [0.05, 0.1) is 11.4 Å². The first-order valence-corrected chi connectivity index (χ1v) is 13.9. The van der Waals surface area contributed by atoms with Crippen molar-refractivity contribution >= 4 is 17.5 Å². The predicted octanol–water partition coefficient (Wildman–Crippen LogP) is 3.63. The smallest absolute Gasteiger partial charge is 0.252 e. The van der Waals surface area contributed by atoms with Gasteiger partial charge in [0.15, 0.2) is 0 Å². The largest absolute Gasteiger partial charge is 0.367 e. The van der Waals surface area contributed by atoms with E-state index < -0.39 is 0 Å². The maximum absolute atomic E-state index is 14.1. The van der Waals surface area contributed by atoms with Crippen molar-refractivity contribution in [3.05, 3.63) is 52.2 Å². The van der Waals surface area contributed by atoms with Crippen molar-refractivity contribution in [2.75, 3.05) is 62.2 Å². The molecule has 0 radical (unpaired) electrons. The van der Waals surface area contributed by atoms with E-state index in [0.717, 1.165) is 44.7 Å². The number of unbranched alkanes of at least 4 members (excludes halogenated alkanes) is 5. The van der Waals surface area contributed by atoms with Crippen molar-refractivity contribution < 1.29 is 9.18 Å². The van der Waals surface area contributed by atoms with Crippen LogP contribution in [0.2, 0.25) is 0 Å². The number of carbonyl (C=O) groups excluding carboxylic acids is 1. The van der Waals surface area contributed by atoms with E-state index in [2.05, 4.69) is 26.6 Å². The Morgan fingerprint density at radius 2 is 1.59 bits per heavy atom. The summed E-state index contributed by atoms with van der Waals surface area (Å²) in [4.78, 5) is 41.0. The zero-order valence-electron chi connectivity index (χ0n) is 22.1. The molecular formula is C28H41FN6O2. The molecule has 0 aliphatic carbocycles. The molecule has 202 valence electrons. The van der Waals surface area contributed by atoms with Gasteiger partial charge in [-0.3, -0.25) is 19.5 Å². The third-order valence-electron chi connectivity index (χ3n) is 7.41. The highest BCUT2D eigenvalue weighted by molar-refractivity contribution is 5.76. The third kappa shape index (κ3) is 7.77. The first kappa shape index (κ1) is 27.1. The Morgan fingerprint density at radius 1 is 0.919 bits per heavy atom. The molecule has 1 amide bonds. The van der Waals surface area contributed by atoms with Crippen LogP contribution in [-0.2, 0) is 11.3 Å². The highest BCUT2D eigenvalue weighted by Gasteiger charge is 2.24. The van der Waals surface area contributed by atoms with Gasteiger partial charge in [-0.25, -0.2) is 9.37 Å². The van der Waals surface area contributed by atoms with Gasteiger partial charge in [0, 0.05) is 71.4 Å². The van der Waals surface area contributed by atoms with E-state index in [9.17, 15) is 14.0 Å². The fraction of sp³-hybridized carbons (Fsp3) is 0.607. The first-order valence-electron chi connectivity index (χ1n) is 13.9. The lowest BCUT2D eigenvalue weighted by Crippen LogP contribution is -2.49. The van der Waals surface area contributed by atoms with Crippen LogP contribution in [0.3, 0.4) is 0 Å². The second-order valence-electron chi connectivity index (χ2n) is 10.2. The van der Waals surface area contributed by atoms with Crippen molar-refractivity contribution in [2.45, 2.75) is 58.4 Å². The predicted molar refractivity (Wildman–Crippen MR) is 146 cm³/mol. The summed E-state index contributed by atoms with van der Waals surface area (Å²) >= 11 is 0.